The number of ether oxygens (including phenoxy) is 1. The van der Waals surface area contributed by atoms with Crippen LogP contribution in [0.5, 0.6) is 0 Å². The van der Waals surface area contributed by atoms with Crippen molar-refractivity contribution in [1.82, 2.24) is 0 Å². The zero-order valence-electron chi connectivity index (χ0n) is 8.27. The van der Waals surface area contributed by atoms with E-state index in [-0.39, 0.29) is 5.97 Å². The zero-order chi connectivity index (χ0) is 10.2. The average molecular weight is 190 g/mol. The molecule has 0 aliphatic carbocycles. The minimum absolute atomic E-state index is 0.293. The first kappa shape index (κ1) is 10.5. The number of esters is 1. The lowest BCUT2D eigenvalue weighted by Gasteiger charge is -1.96. The molecule has 0 aromatic heterocycles. The first-order valence-corrected chi connectivity index (χ1v) is 4.61. The Bertz CT molecular complexity index is 301. The fraction of sp³-hybridized carbons (Fsp3) is 0.250. The highest BCUT2D eigenvalue weighted by molar-refractivity contribution is 5.81. The highest BCUT2D eigenvalue weighted by atomic mass is 16.5. The van der Waals surface area contributed by atoms with Gasteiger partial charge in [-0.15, -0.1) is 0 Å². The van der Waals surface area contributed by atoms with Crippen molar-refractivity contribution in [2.45, 2.75) is 12.8 Å². The van der Waals surface area contributed by atoms with Gasteiger partial charge in [0, 0.05) is 6.08 Å². The maximum absolute atomic E-state index is 10.7. The number of benzene rings is 1. The van der Waals surface area contributed by atoms with Gasteiger partial charge in [0.25, 0.3) is 0 Å². The molecule has 0 aliphatic heterocycles. The van der Waals surface area contributed by atoms with E-state index in [1.807, 2.05) is 24.3 Å². The van der Waals surface area contributed by atoms with Crippen LogP contribution in [0.3, 0.4) is 0 Å². The molecule has 0 spiro atoms. The molecular weight excluding hydrogens is 176 g/mol. The van der Waals surface area contributed by atoms with Crippen LogP contribution in [0.15, 0.2) is 42.5 Å². The van der Waals surface area contributed by atoms with Crippen molar-refractivity contribution in [3.63, 3.8) is 0 Å². The molecule has 0 bridgehead atoms. The van der Waals surface area contributed by atoms with Gasteiger partial charge in [0.15, 0.2) is 0 Å². The molecule has 0 amide bonds. The second-order valence-electron chi connectivity index (χ2n) is 2.95. The summed E-state index contributed by atoms with van der Waals surface area (Å²) in [5.41, 5.74) is 1.28. The van der Waals surface area contributed by atoms with E-state index in [0.29, 0.717) is 0 Å². The van der Waals surface area contributed by atoms with Gasteiger partial charge in [-0.2, -0.15) is 0 Å². The Morgan fingerprint density at radius 1 is 1.36 bits per heavy atom. The normalized spacial score (nSPS) is 10.4. The molecule has 14 heavy (non-hydrogen) atoms. The number of methoxy groups -OCH3 is 1. The molecule has 0 atom stereocenters. The SMILES string of the molecule is COC(=O)/C=C/CCc1ccccc1. The first-order valence-electron chi connectivity index (χ1n) is 4.61. The van der Waals surface area contributed by atoms with E-state index in [1.54, 1.807) is 0 Å². The number of aryl methyl sites for hydroxylation is 1. The van der Waals surface area contributed by atoms with Crippen LogP contribution in [-0.2, 0) is 16.0 Å². The van der Waals surface area contributed by atoms with Gasteiger partial charge in [0.05, 0.1) is 7.11 Å². The van der Waals surface area contributed by atoms with Crippen molar-refractivity contribution >= 4 is 5.97 Å². The van der Waals surface area contributed by atoms with E-state index in [9.17, 15) is 4.79 Å². The molecule has 1 aromatic carbocycles. The predicted octanol–water partition coefficient (Wildman–Crippen LogP) is 2.35. The number of carbonyl (C=O) groups excluding carboxylic acids is 1. The van der Waals surface area contributed by atoms with E-state index in [2.05, 4.69) is 16.9 Å². The van der Waals surface area contributed by atoms with Crippen LogP contribution in [0.2, 0.25) is 0 Å². The second-order valence-corrected chi connectivity index (χ2v) is 2.95. The van der Waals surface area contributed by atoms with Crippen LogP contribution in [-0.4, -0.2) is 13.1 Å². The third-order valence-corrected chi connectivity index (χ3v) is 1.90. The Labute approximate surface area is 84.2 Å². The highest BCUT2D eigenvalue weighted by Gasteiger charge is 1.91. The zero-order valence-corrected chi connectivity index (χ0v) is 8.27. The number of rotatable bonds is 4. The molecule has 0 N–H and O–H groups in total. The number of carbonyl (C=O) groups is 1. The third kappa shape index (κ3) is 3.90. The van der Waals surface area contributed by atoms with Crippen molar-refractivity contribution in [1.29, 1.82) is 0 Å². The van der Waals surface area contributed by atoms with Gasteiger partial charge in [0.1, 0.15) is 0 Å². The fourth-order valence-electron chi connectivity index (χ4n) is 1.14. The molecule has 0 saturated heterocycles. The minimum atomic E-state index is -0.293. The van der Waals surface area contributed by atoms with Gasteiger partial charge in [-0.1, -0.05) is 36.4 Å². The quantitative estimate of drug-likeness (QED) is 0.538. The average Bonchev–Trinajstić information content (AvgIpc) is 2.25. The fourth-order valence-corrected chi connectivity index (χ4v) is 1.14. The Morgan fingerprint density at radius 2 is 2.07 bits per heavy atom. The largest absolute Gasteiger partial charge is 0.466 e. The molecule has 0 unspecified atom stereocenters. The second kappa shape index (κ2) is 5.97. The van der Waals surface area contributed by atoms with Crippen molar-refractivity contribution in [2.24, 2.45) is 0 Å². The standard InChI is InChI=1S/C12H14O2/c1-14-12(13)10-6-5-9-11-7-3-2-4-8-11/h2-4,6-8,10H,5,9H2,1H3/b10-6+. The van der Waals surface area contributed by atoms with Gasteiger partial charge in [-0.3, -0.25) is 0 Å². The lowest BCUT2D eigenvalue weighted by molar-refractivity contribution is -0.134. The first-order chi connectivity index (χ1) is 6.83. The van der Waals surface area contributed by atoms with E-state index in [1.165, 1.54) is 18.7 Å². The van der Waals surface area contributed by atoms with Crippen molar-refractivity contribution < 1.29 is 9.53 Å². The van der Waals surface area contributed by atoms with Crippen LogP contribution in [0.4, 0.5) is 0 Å². The lowest BCUT2D eigenvalue weighted by Crippen LogP contribution is -1.93. The summed E-state index contributed by atoms with van der Waals surface area (Å²) in [6.07, 6.45) is 5.11. The molecule has 74 valence electrons. The maximum Gasteiger partial charge on any atom is 0.330 e. The predicted molar refractivity (Wildman–Crippen MR) is 55.9 cm³/mol. The van der Waals surface area contributed by atoms with Gasteiger partial charge in [-0.25, -0.2) is 4.79 Å². The van der Waals surface area contributed by atoms with E-state index in [0.717, 1.165) is 12.8 Å². The van der Waals surface area contributed by atoms with Crippen LogP contribution in [0.25, 0.3) is 0 Å². The molecule has 0 saturated carbocycles. The molecule has 1 aromatic rings. The third-order valence-electron chi connectivity index (χ3n) is 1.90. The summed E-state index contributed by atoms with van der Waals surface area (Å²) < 4.78 is 4.48. The van der Waals surface area contributed by atoms with Crippen LogP contribution >= 0.6 is 0 Å². The molecular formula is C12H14O2. The Morgan fingerprint density at radius 3 is 2.71 bits per heavy atom. The topological polar surface area (TPSA) is 26.3 Å². The van der Waals surface area contributed by atoms with Gasteiger partial charge >= 0.3 is 5.97 Å². The summed E-state index contributed by atoms with van der Waals surface area (Å²) in [7, 11) is 1.38. The van der Waals surface area contributed by atoms with E-state index >= 15 is 0 Å². The molecule has 2 heteroatoms. The Kier molecular flexibility index (Phi) is 4.48. The van der Waals surface area contributed by atoms with Crippen LogP contribution < -0.4 is 0 Å². The summed E-state index contributed by atoms with van der Waals surface area (Å²) in [5, 5.41) is 0. The maximum atomic E-state index is 10.7. The monoisotopic (exact) mass is 190 g/mol. The summed E-state index contributed by atoms with van der Waals surface area (Å²) in [5.74, 6) is -0.293. The minimum Gasteiger partial charge on any atom is -0.466 e. The van der Waals surface area contributed by atoms with Gasteiger partial charge < -0.3 is 4.74 Å². The molecule has 1 rings (SSSR count). The number of hydrogen-bond acceptors (Lipinski definition) is 2. The Balaban J connectivity index is 2.29. The van der Waals surface area contributed by atoms with Crippen molar-refractivity contribution in [3.8, 4) is 0 Å². The molecule has 0 radical (unpaired) electrons. The molecule has 0 heterocycles. The summed E-state index contributed by atoms with van der Waals surface area (Å²) >= 11 is 0. The number of allylic oxidation sites excluding steroid dienone is 1. The van der Waals surface area contributed by atoms with Crippen molar-refractivity contribution in [2.75, 3.05) is 7.11 Å². The highest BCUT2D eigenvalue weighted by Crippen LogP contribution is 2.02. The van der Waals surface area contributed by atoms with Crippen molar-refractivity contribution in [3.05, 3.63) is 48.0 Å². The summed E-state index contributed by atoms with van der Waals surface area (Å²) in [4.78, 5) is 10.7. The lowest BCUT2D eigenvalue weighted by atomic mass is 10.1. The number of hydrogen-bond donors (Lipinski definition) is 0. The smallest absolute Gasteiger partial charge is 0.330 e. The van der Waals surface area contributed by atoms with Crippen LogP contribution in [0.1, 0.15) is 12.0 Å². The summed E-state index contributed by atoms with van der Waals surface area (Å²) in [6.45, 7) is 0. The Hall–Kier alpha value is -1.57. The molecule has 0 aliphatic rings. The van der Waals surface area contributed by atoms with E-state index in [4.69, 9.17) is 0 Å². The van der Waals surface area contributed by atoms with Gasteiger partial charge in [-0.05, 0) is 18.4 Å². The van der Waals surface area contributed by atoms with E-state index < -0.39 is 0 Å². The molecule has 0 fully saturated rings. The summed E-state index contributed by atoms with van der Waals surface area (Å²) in [6, 6.07) is 10.2. The molecule has 2 nitrogen and oxygen atoms in total. The van der Waals surface area contributed by atoms with Crippen LogP contribution in [0, 0.1) is 0 Å². The van der Waals surface area contributed by atoms with Gasteiger partial charge in [0.2, 0.25) is 0 Å².